The van der Waals surface area contributed by atoms with Gasteiger partial charge in [0.25, 0.3) is 5.91 Å². The number of hydrogen-bond acceptors (Lipinski definition) is 5. The second kappa shape index (κ2) is 9.75. The molecule has 152 valence electrons. The first kappa shape index (κ1) is 21.1. The summed E-state index contributed by atoms with van der Waals surface area (Å²) in [5.74, 6) is -0.246. The minimum absolute atomic E-state index is 0.0492. The molecule has 2 aliphatic rings. The number of rotatable bonds is 5. The second-order valence-electron chi connectivity index (χ2n) is 7.80. The lowest BCUT2D eigenvalue weighted by atomic mass is 9.99. The summed E-state index contributed by atoms with van der Waals surface area (Å²) in [6.45, 7) is 5.38. The van der Waals surface area contributed by atoms with Crippen LogP contribution in [0.2, 0.25) is 0 Å². The van der Waals surface area contributed by atoms with Gasteiger partial charge in [-0.1, -0.05) is 42.3 Å². The highest BCUT2D eigenvalue weighted by molar-refractivity contribution is 7.87. The van der Waals surface area contributed by atoms with Crippen molar-refractivity contribution in [1.82, 2.24) is 13.5 Å². The highest BCUT2D eigenvalue weighted by Gasteiger charge is 2.47. The van der Waals surface area contributed by atoms with Gasteiger partial charge >= 0.3 is 0 Å². The number of likely N-dealkylation sites (tertiary alicyclic amines) is 1. The molecule has 2 aliphatic heterocycles. The van der Waals surface area contributed by atoms with Gasteiger partial charge in [0, 0.05) is 6.54 Å². The van der Waals surface area contributed by atoms with Crippen LogP contribution < -0.4 is 0 Å². The molecule has 0 spiro atoms. The van der Waals surface area contributed by atoms with Crippen LogP contribution in [0, 0.1) is 17.2 Å². The number of nitrogens with zero attached hydrogens (tertiary/aromatic N) is 4. The van der Waals surface area contributed by atoms with Crippen LogP contribution in [0.25, 0.3) is 0 Å². The van der Waals surface area contributed by atoms with Crippen LogP contribution in [0.1, 0.15) is 43.7 Å². The van der Waals surface area contributed by atoms with E-state index in [9.17, 15) is 14.6 Å². The summed E-state index contributed by atoms with van der Waals surface area (Å²) in [6.07, 6.45) is 5.54. The third-order valence-corrected chi connectivity index (χ3v) is 7.47. The van der Waals surface area contributed by atoms with Gasteiger partial charge in [-0.3, -0.25) is 4.79 Å². The fraction of sp³-hybridized carbons (Fsp3) is 0.619. The van der Waals surface area contributed by atoms with Crippen molar-refractivity contribution in [1.29, 1.82) is 5.26 Å². The quantitative estimate of drug-likeness (QED) is 0.707. The zero-order valence-corrected chi connectivity index (χ0v) is 17.7. The molecule has 6 nitrogen and oxygen atoms in total. The fourth-order valence-corrected chi connectivity index (χ4v) is 5.57. The van der Waals surface area contributed by atoms with E-state index in [-0.39, 0.29) is 17.9 Å². The van der Waals surface area contributed by atoms with Gasteiger partial charge in [0.1, 0.15) is 0 Å². The lowest BCUT2D eigenvalue weighted by Gasteiger charge is -2.43. The third-order valence-electron chi connectivity index (χ3n) is 5.97. The number of carbonyl (C=O) groups is 1. The summed E-state index contributed by atoms with van der Waals surface area (Å²) in [4.78, 5) is 15.1. The highest BCUT2D eigenvalue weighted by Crippen LogP contribution is 2.28. The van der Waals surface area contributed by atoms with E-state index in [4.69, 9.17) is 0 Å². The normalized spacial score (nSPS) is 27.4. The molecule has 0 aromatic heterocycles. The molecule has 1 aromatic carbocycles. The zero-order valence-electron chi connectivity index (χ0n) is 16.8. The Hall–Kier alpha value is -1.59. The summed E-state index contributed by atoms with van der Waals surface area (Å²) in [6, 6.07) is 9.72. The minimum atomic E-state index is -1.49. The maximum atomic E-state index is 13.0. The van der Waals surface area contributed by atoms with E-state index in [1.165, 1.54) is 30.0 Å². The molecule has 0 N–H and O–H groups in total. The maximum absolute atomic E-state index is 13.0. The van der Waals surface area contributed by atoms with Crippen molar-refractivity contribution in [2.45, 2.75) is 45.1 Å². The molecule has 0 bridgehead atoms. The van der Waals surface area contributed by atoms with E-state index in [0.717, 1.165) is 25.2 Å². The molecule has 7 heteroatoms. The van der Waals surface area contributed by atoms with Crippen LogP contribution in [-0.4, -0.2) is 63.2 Å². The molecule has 2 fully saturated rings. The fourth-order valence-electron chi connectivity index (χ4n) is 4.21. The Morgan fingerprint density at radius 2 is 1.89 bits per heavy atom. The monoisotopic (exact) mass is 402 g/mol. The van der Waals surface area contributed by atoms with E-state index in [0.29, 0.717) is 18.5 Å². The van der Waals surface area contributed by atoms with Crippen LogP contribution in [0.5, 0.6) is 0 Å². The molecule has 0 radical (unpaired) electrons. The molecule has 2 heterocycles. The smallest absolute Gasteiger partial charge is 0.269 e. The van der Waals surface area contributed by atoms with Crippen LogP contribution in [0.15, 0.2) is 24.3 Å². The first-order valence-corrected chi connectivity index (χ1v) is 11.3. The predicted octanol–water partition coefficient (Wildman–Crippen LogP) is 2.33. The molecule has 0 saturated carbocycles. The molecular formula is C21H30N4O2S. The Kier molecular flexibility index (Phi) is 7.36. The van der Waals surface area contributed by atoms with Gasteiger partial charge in [-0.25, -0.2) is 0 Å². The molecule has 2 saturated heterocycles. The molecule has 0 aliphatic carbocycles. The Labute approximate surface area is 171 Å². The summed E-state index contributed by atoms with van der Waals surface area (Å²) < 4.78 is 16.4. The van der Waals surface area contributed by atoms with Gasteiger partial charge in [-0.05, 0) is 44.0 Å². The van der Waals surface area contributed by atoms with Crippen LogP contribution in [0.4, 0.5) is 0 Å². The van der Waals surface area contributed by atoms with Gasteiger partial charge < -0.3 is 9.45 Å². The van der Waals surface area contributed by atoms with E-state index in [1.54, 1.807) is 7.05 Å². The summed E-state index contributed by atoms with van der Waals surface area (Å²) in [5, 5.41) is 9.34. The Bertz CT molecular complexity index is 715. The minimum Gasteiger partial charge on any atom is -0.573 e. The largest absolute Gasteiger partial charge is 0.573 e. The number of amides is 1. The van der Waals surface area contributed by atoms with Crippen molar-refractivity contribution in [3.05, 3.63) is 35.4 Å². The first-order chi connectivity index (χ1) is 13.5. The highest BCUT2D eigenvalue weighted by atomic mass is 32.2. The number of benzene rings is 1. The lowest BCUT2D eigenvalue weighted by Crippen LogP contribution is -2.63. The van der Waals surface area contributed by atoms with Crippen molar-refractivity contribution >= 4 is 17.5 Å². The topological polar surface area (TPSA) is 73.6 Å². The number of carbonyl (C=O) groups excluding carboxylic acids is 1. The van der Waals surface area contributed by atoms with E-state index < -0.39 is 11.5 Å². The molecule has 3 rings (SSSR count). The first-order valence-electron chi connectivity index (χ1n) is 10.2. The van der Waals surface area contributed by atoms with Gasteiger partial charge in [-0.2, -0.15) is 5.26 Å². The van der Waals surface area contributed by atoms with Crippen molar-refractivity contribution in [2.24, 2.45) is 5.92 Å². The average molecular weight is 403 g/mol. The maximum Gasteiger partial charge on any atom is 0.269 e. The SMILES string of the molecule is CC1C(=O)N(C)[S+]([O-])N(CCc2ccccc2C#N)C1CN1CCCCCC1. The Balaban J connectivity index is 1.77. The molecule has 3 unspecified atom stereocenters. The molecule has 28 heavy (non-hydrogen) atoms. The average Bonchev–Trinajstić information content (AvgIpc) is 2.99. The molecule has 1 aromatic rings. The van der Waals surface area contributed by atoms with Crippen LogP contribution in [0.3, 0.4) is 0 Å². The third kappa shape index (κ3) is 4.69. The zero-order chi connectivity index (χ0) is 20.1. The van der Waals surface area contributed by atoms with Gasteiger partial charge in [-0.15, -0.1) is 4.31 Å². The molecule has 3 atom stereocenters. The Morgan fingerprint density at radius 1 is 1.21 bits per heavy atom. The predicted molar refractivity (Wildman–Crippen MR) is 110 cm³/mol. The van der Waals surface area contributed by atoms with E-state index >= 15 is 0 Å². The van der Waals surface area contributed by atoms with Gasteiger partial charge in [0.05, 0.1) is 37.2 Å². The van der Waals surface area contributed by atoms with Gasteiger partial charge in [0.15, 0.2) is 11.5 Å². The van der Waals surface area contributed by atoms with Gasteiger partial charge in [0.2, 0.25) is 0 Å². The number of hydrogen-bond donors (Lipinski definition) is 0. The van der Waals surface area contributed by atoms with E-state index in [2.05, 4.69) is 11.0 Å². The molecular weight excluding hydrogens is 372 g/mol. The molecule has 1 amide bonds. The standard InChI is InChI=1S/C21H30N4O2S/c1-17-20(16-24-12-7-3-4-8-13-24)25(28(27)23(2)21(17)26)14-11-18-9-5-6-10-19(18)15-22/h5-6,9-10,17,20H,3-4,7-8,11-14,16H2,1-2H3. The second-order valence-corrected chi connectivity index (χ2v) is 9.28. The van der Waals surface area contributed by atoms with E-state index in [1.807, 2.05) is 35.5 Å². The van der Waals surface area contributed by atoms with Crippen molar-refractivity contribution in [3.8, 4) is 6.07 Å². The van der Waals surface area contributed by atoms with Crippen LogP contribution >= 0.6 is 0 Å². The Morgan fingerprint density at radius 3 is 2.57 bits per heavy atom. The summed E-state index contributed by atoms with van der Waals surface area (Å²) in [7, 11) is 1.62. The summed E-state index contributed by atoms with van der Waals surface area (Å²) >= 11 is -1.49. The van der Waals surface area contributed by atoms with Crippen LogP contribution in [-0.2, 0) is 22.8 Å². The summed E-state index contributed by atoms with van der Waals surface area (Å²) in [5.41, 5.74) is 1.62. The van der Waals surface area contributed by atoms with Crippen molar-refractivity contribution < 1.29 is 9.35 Å². The van der Waals surface area contributed by atoms with Crippen molar-refractivity contribution in [3.63, 3.8) is 0 Å². The number of nitriles is 1. The van der Waals surface area contributed by atoms with Crippen molar-refractivity contribution in [2.75, 3.05) is 33.2 Å². The lowest BCUT2D eigenvalue weighted by molar-refractivity contribution is -0.133.